The number of amides is 1. The van der Waals surface area contributed by atoms with Crippen molar-refractivity contribution in [2.75, 3.05) is 21.2 Å². The molecule has 1 unspecified atom stereocenters. The lowest BCUT2D eigenvalue weighted by atomic mass is 10.2. The van der Waals surface area contributed by atoms with Gasteiger partial charge in [-0.25, -0.2) is 0 Å². The molecule has 5 nitrogen and oxygen atoms in total. The Morgan fingerprint density at radius 2 is 2.05 bits per heavy atom. The second-order valence-corrected chi connectivity index (χ2v) is 4.57. The highest BCUT2D eigenvalue weighted by molar-refractivity contribution is 6.31. The van der Waals surface area contributed by atoms with Crippen molar-refractivity contribution < 1.29 is 19.1 Å². The molecule has 1 atom stereocenters. The van der Waals surface area contributed by atoms with E-state index in [4.69, 9.17) is 21.1 Å². The van der Waals surface area contributed by atoms with Crippen LogP contribution >= 0.6 is 11.6 Å². The summed E-state index contributed by atoms with van der Waals surface area (Å²) in [5, 5.41) is 0.359. The number of nitrogens with zero attached hydrogens (tertiary/aromatic N) is 1. The van der Waals surface area contributed by atoms with E-state index in [9.17, 15) is 9.59 Å². The first kappa shape index (κ1) is 15.3. The van der Waals surface area contributed by atoms with Gasteiger partial charge in [0.15, 0.2) is 23.9 Å². The molecule has 1 rings (SSSR count). The molecule has 1 amide bonds. The van der Waals surface area contributed by atoms with Gasteiger partial charge in [0.05, 0.1) is 12.7 Å². The lowest BCUT2D eigenvalue weighted by molar-refractivity contribution is -0.135. The Labute approximate surface area is 117 Å². The summed E-state index contributed by atoms with van der Waals surface area (Å²) in [6.07, 6.45) is -0.125. The molecule has 0 aliphatic rings. The van der Waals surface area contributed by atoms with Crippen molar-refractivity contribution in [1.82, 2.24) is 4.90 Å². The first-order chi connectivity index (χ1) is 8.90. The van der Waals surface area contributed by atoms with Crippen molar-refractivity contribution in [3.05, 3.63) is 22.7 Å². The zero-order valence-electron chi connectivity index (χ0n) is 11.3. The van der Waals surface area contributed by atoms with Crippen LogP contribution in [0.1, 0.15) is 17.3 Å². The molecule has 0 fully saturated rings. The molecule has 0 saturated heterocycles. The first-order valence-corrected chi connectivity index (χ1v) is 5.99. The molecular weight excluding hydrogens is 270 g/mol. The second-order valence-electron chi connectivity index (χ2n) is 4.14. The molecular formula is C13H16ClNO4. The maximum Gasteiger partial charge on any atom is 0.262 e. The van der Waals surface area contributed by atoms with Crippen LogP contribution in [-0.4, -0.2) is 44.4 Å². The molecule has 0 aromatic heterocycles. The maximum atomic E-state index is 11.8. The fourth-order valence-corrected chi connectivity index (χ4v) is 1.76. The quantitative estimate of drug-likeness (QED) is 0.777. The lowest BCUT2D eigenvalue weighted by Gasteiger charge is -2.20. The Hall–Kier alpha value is -1.75. The van der Waals surface area contributed by atoms with E-state index < -0.39 is 6.10 Å². The van der Waals surface area contributed by atoms with E-state index in [1.807, 2.05) is 0 Å². The lowest BCUT2D eigenvalue weighted by Crippen LogP contribution is -2.35. The van der Waals surface area contributed by atoms with Crippen LogP contribution in [-0.2, 0) is 4.79 Å². The minimum absolute atomic E-state index is 0.213. The van der Waals surface area contributed by atoms with Gasteiger partial charge in [0.2, 0.25) is 0 Å². The van der Waals surface area contributed by atoms with Crippen molar-refractivity contribution in [1.29, 1.82) is 0 Å². The number of ether oxygens (including phenoxy) is 2. The van der Waals surface area contributed by atoms with E-state index >= 15 is 0 Å². The Kier molecular flexibility index (Phi) is 5.18. The zero-order valence-corrected chi connectivity index (χ0v) is 12.0. The number of carbonyl (C=O) groups excluding carboxylic acids is 2. The summed E-state index contributed by atoms with van der Waals surface area (Å²) in [5.74, 6) is 0.312. The number of rotatable bonds is 5. The summed E-state index contributed by atoms with van der Waals surface area (Å²) in [6, 6.07) is 2.98. The standard InChI is InChI=1S/C13H16ClNO4/c1-8(13(17)15(2)3)19-12-9(7-16)5-10(14)6-11(12)18-4/h5-8H,1-4H3. The summed E-state index contributed by atoms with van der Waals surface area (Å²) >= 11 is 5.86. The molecule has 1 aromatic rings. The van der Waals surface area contributed by atoms with Crippen LogP contribution in [0.4, 0.5) is 0 Å². The highest BCUT2D eigenvalue weighted by Crippen LogP contribution is 2.34. The predicted octanol–water partition coefficient (Wildman–Crippen LogP) is 2.02. The van der Waals surface area contributed by atoms with Crippen molar-refractivity contribution in [2.45, 2.75) is 13.0 Å². The zero-order chi connectivity index (χ0) is 14.6. The third-order valence-electron chi connectivity index (χ3n) is 2.48. The van der Waals surface area contributed by atoms with Gasteiger partial charge in [-0.3, -0.25) is 9.59 Å². The van der Waals surface area contributed by atoms with Crippen molar-refractivity contribution >= 4 is 23.8 Å². The molecule has 0 N–H and O–H groups in total. The normalized spacial score (nSPS) is 11.6. The molecule has 1 aromatic carbocycles. The van der Waals surface area contributed by atoms with E-state index in [-0.39, 0.29) is 17.2 Å². The average molecular weight is 286 g/mol. The number of aldehydes is 1. The molecule has 0 aliphatic carbocycles. The summed E-state index contributed by atoms with van der Waals surface area (Å²) in [5.41, 5.74) is 0.239. The highest BCUT2D eigenvalue weighted by atomic mass is 35.5. The van der Waals surface area contributed by atoms with E-state index in [0.29, 0.717) is 17.1 Å². The smallest absolute Gasteiger partial charge is 0.262 e. The van der Waals surface area contributed by atoms with Gasteiger partial charge in [-0.1, -0.05) is 11.6 Å². The second kappa shape index (κ2) is 6.43. The number of carbonyl (C=O) groups is 2. The molecule has 0 saturated carbocycles. The minimum Gasteiger partial charge on any atom is -0.493 e. The van der Waals surface area contributed by atoms with Crippen molar-refractivity contribution in [2.24, 2.45) is 0 Å². The highest BCUT2D eigenvalue weighted by Gasteiger charge is 2.21. The number of likely N-dealkylation sites (N-methyl/N-ethyl adjacent to an activating group) is 1. The van der Waals surface area contributed by atoms with E-state index in [0.717, 1.165) is 0 Å². The van der Waals surface area contributed by atoms with Crippen molar-refractivity contribution in [3.8, 4) is 11.5 Å². The Balaban J connectivity index is 3.12. The largest absolute Gasteiger partial charge is 0.493 e. The third kappa shape index (κ3) is 3.61. The summed E-state index contributed by atoms with van der Waals surface area (Å²) < 4.78 is 10.6. The van der Waals surface area contributed by atoms with E-state index in [1.165, 1.54) is 24.1 Å². The van der Waals surface area contributed by atoms with Crippen LogP contribution in [0.5, 0.6) is 11.5 Å². The SMILES string of the molecule is COc1cc(Cl)cc(C=O)c1OC(C)C(=O)N(C)C. The average Bonchev–Trinajstić information content (AvgIpc) is 2.38. The number of hydrogen-bond donors (Lipinski definition) is 0. The summed E-state index contributed by atoms with van der Waals surface area (Å²) in [7, 11) is 4.69. The fraction of sp³-hybridized carbons (Fsp3) is 0.385. The van der Waals surface area contributed by atoms with Crippen LogP contribution in [0.2, 0.25) is 5.02 Å². The third-order valence-corrected chi connectivity index (χ3v) is 2.70. The molecule has 0 radical (unpaired) electrons. The van der Waals surface area contributed by atoms with Gasteiger partial charge in [-0.2, -0.15) is 0 Å². The number of benzene rings is 1. The van der Waals surface area contributed by atoms with Gasteiger partial charge in [0.1, 0.15) is 0 Å². The van der Waals surface area contributed by atoms with E-state index in [2.05, 4.69) is 0 Å². The van der Waals surface area contributed by atoms with Gasteiger partial charge >= 0.3 is 0 Å². The fourth-order valence-electron chi connectivity index (χ4n) is 1.54. The van der Waals surface area contributed by atoms with Crippen LogP contribution in [0.15, 0.2) is 12.1 Å². The van der Waals surface area contributed by atoms with Gasteiger partial charge in [-0.05, 0) is 13.0 Å². The van der Waals surface area contributed by atoms with Gasteiger partial charge in [0.25, 0.3) is 5.91 Å². The van der Waals surface area contributed by atoms with E-state index in [1.54, 1.807) is 21.0 Å². The molecule has 19 heavy (non-hydrogen) atoms. The molecule has 0 aliphatic heterocycles. The monoisotopic (exact) mass is 285 g/mol. The first-order valence-electron chi connectivity index (χ1n) is 5.61. The van der Waals surface area contributed by atoms with Crippen LogP contribution in [0, 0.1) is 0 Å². The van der Waals surface area contributed by atoms with Gasteiger partial charge in [-0.15, -0.1) is 0 Å². The maximum absolute atomic E-state index is 11.8. The van der Waals surface area contributed by atoms with Crippen LogP contribution in [0.3, 0.4) is 0 Å². The van der Waals surface area contributed by atoms with Crippen LogP contribution in [0.25, 0.3) is 0 Å². The molecule has 0 heterocycles. The molecule has 104 valence electrons. The number of hydrogen-bond acceptors (Lipinski definition) is 4. The minimum atomic E-state index is -0.733. The Bertz CT molecular complexity index is 488. The predicted molar refractivity (Wildman–Crippen MR) is 72.2 cm³/mol. The molecule has 6 heteroatoms. The van der Waals surface area contributed by atoms with Crippen molar-refractivity contribution in [3.63, 3.8) is 0 Å². The number of methoxy groups -OCH3 is 1. The summed E-state index contributed by atoms with van der Waals surface area (Å²) in [6.45, 7) is 1.60. The number of halogens is 1. The molecule has 0 bridgehead atoms. The topological polar surface area (TPSA) is 55.8 Å². The molecule has 0 spiro atoms. The Morgan fingerprint density at radius 3 is 2.53 bits per heavy atom. The van der Waals surface area contributed by atoms with Gasteiger partial charge in [0, 0.05) is 25.2 Å². The Morgan fingerprint density at radius 1 is 1.42 bits per heavy atom. The van der Waals surface area contributed by atoms with Gasteiger partial charge < -0.3 is 14.4 Å². The summed E-state index contributed by atoms with van der Waals surface area (Å²) in [4.78, 5) is 24.2. The van der Waals surface area contributed by atoms with Crippen LogP contribution < -0.4 is 9.47 Å².